The van der Waals surface area contributed by atoms with Crippen LogP contribution in [0.4, 0.5) is 0 Å². The van der Waals surface area contributed by atoms with Gasteiger partial charge in [0.05, 0.1) is 0 Å². The predicted molar refractivity (Wildman–Crippen MR) is 97.0 cm³/mol. The summed E-state index contributed by atoms with van der Waals surface area (Å²) in [6.07, 6.45) is 4.48. The van der Waals surface area contributed by atoms with Gasteiger partial charge >= 0.3 is 0 Å². The summed E-state index contributed by atoms with van der Waals surface area (Å²) in [7, 11) is 0. The highest BCUT2D eigenvalue weighted by Crippen LogP contribution is 2.24. The van der Waals surface area contributed by atoms with Crippen molar-refractivity contribution >= 4 is 17.7 Å². The van der Waals surface area contributed by atoms with Gasteiger partial charge in [0.2, 0.25) is 5.91 Å². The fourth-order valence-corrected chi connectivity index (χ4v) is 4.53. The summed E-state index contributed by atoms with van der Waals surface area (Å²) >= 11 is 1.80. The minimum atomic E-state index is 0.336. The Labute approximate surface area is 144 Å². The smallest absolute Gasteiger partial charge is 0.223 e. The molecule has 1 amide bonds. The average Bonchev–Trinajstić information content (AvgIpc) is 3.20. The largest absolute Gasteiger partial charge is 0.341 e. The van der Waals surface area contributed by atoms with Gasteiger partial charge in [-0.15, -0.1) is 11.8 Å². The van der Waals surface area contributed by atoms with E-state index in [4.69, 9.17) is 0 Å². The van der Waals surface area contributed by atoms with E-state index in [9.17, 15) is 4.79 Å². The van der Waals surface area contributed by atoms with Crippen LogP contribution in [0.15, 0.2) is 23.1 Å². The number of carbonyl (C=O) groups excluding carboxylic acids is 1. The number of nitrogens with zero attached hydrogens (tertiary/aromatic N) is 2. The van der Waals surface area contributed by atoms with Crippen molar-refractivity contribution < 1.29 is 4.79 Å². The van der Waals surface area contributed by atoms with Crippen LogP contribution in [0.1, 0.15) is 36.8 Å². The van der Waals surface area contributed by atoms with E-state index in [0.29, 0.717) is 18.4 Å². The van der Waals surface area contributed by atoms with Crippen molar-refractivity contribution in [1.29, 1.82) is 0 Å². The van der Waals surface area contributed by atoms with Crippen molar-refractivity contribution in [2.45, 2.75) is 50.5 Å². The number of rotatable bonds is 5. The normalized spacial score (nSPS) is 22.0. The van der Waals surface area contributed by atoms with Crippen LogP contribution in [0.25, 0.3) is 0 Å². The van der Waals surface area contributed by atoms with Gasteiger partial charge in [0.25, 0.3) is 0 Å². The number of likely N-dealkylation sites (tertiary alicyclic amines) is 2. The second kappa shape index (κ2) is 7.71. The van der Waals surface area contributed by atoms with Crippen LogP contribution >= 0.6 is 11.8 Å². The van der Waals surface area contributed by atoms with Gasteiger partial charge in [0.15, 0.2) is 0 Å². The third kappa shape index (κ3) is 4.30. The van der Waals surface area contributed by atoms with Crippen LogP contribution in [-0.2, 0) is 4.79 Å². The summed E-state index contributed by atoms with van der Waals surface area (Å²) in [4.78, 5) is 18.4. The first-order valence-corrected chi connectivity index (χ1v) is 9.84. The summed E-state index contributed by atoms with van der Waals surface area (Å²) < 4.78 is 0. The molecule has 0 saturated carbocycles. The Bertz CT molecular complexity index is 554. The van der Waals surface area contributed by atoms with Gasteiger partial charge in [-0.25, -0.2) is 0 Å². The number of hydrogen-bond donors (Lipinski definition) is 0. The third-order valence-corrected chi connectivity index (χ3v) is 6.23. The number of amides is 1. The summed E-state index contributed by atoms with van der Waals surface area (Å²) in [5.41, 5.74) is 2.66. The van der Waals surface area contributed by atoms with E-state index in [-0.39, 0.29) is 0 Å². The van der Waals surface area contributed by atoms with Gasteiger partial charge in [-0.3, -0.25) is 9.69 Å². The second-order valence-electron chi connectivity index (χ2n) is 6.87. The molecule has 2 aliphatic heterocycles. The fraction of sp³-hybridized carbons (Fsp3) is 0.632. The van der Waals surface area contributed by atoms with E-state index < -0.39 is 0 Å². The van der Waals surface area contributed by atoms with Crippen LogP contribution in [0.5, 0.6) is 0 Å². The Balaban J connectivity index is 1.42. The molecule has 0 aromatic heterocycles. The molecule has 2 aliphatic rings. The van der Waals surface area contributed by atoms with Crippen LogP contribution in [-0.4, -0.2) is 53.7 Å². The Hall–Kier alpha value is -1.00. The molecule has 1 atom stereocenters. The SMILES string of the molecule is Cc1ccc(SCCC(=O)N2CC[C@@H](N3CCCC3)C2)cc1C. The van der Waals surface area contributed by atoms with Crippen molar-refractivity contribution in [3.8, 4) is 0 Å². The summed E-state index contributed by atoms with van der Waals surface area (Å²) in [5, 5.41) is 0. The molecule has 0 radical (unpaired) electrons. The molecule has 1 aromatic rings. The van der Waals surface area contributed by atoms with Crippen molar-refractivity contribution in [3.63, 3.8) is 0 Å². The lowest BCUT2D eigenvalue weighted by atomic mass is 10.1. The Morgan fingerprint density at radius 3 is 2.70 bits per heavy atom. The van der Waals surface area contributed by atoms with Crippen molar-refractivity contribution in [2.75, 3.05) is 31.9 Å². The molecule has 126 valence electrons. The zero-order chi connectivity index (χ0) is 16.2. The number of aryl methyl sites for hydroxylation is 2. The Morgan fingerprint density at radius 2 is 1.96 bits per heavy atom. The van der Waals surface area contributed by atoms with E-state index in [1.807, 2.05) is 0 Å². The van der Waals surface area contributed by atoms with Crippen molar-refractivity contribution in [3.05, 3.63) is 29.3 Å². The van der Waals surface area contributed by atoms with Gasteiger partial charge in [0, 0.05) is 36.2 Å². The first-order valence-electron chi connectivity index (χ1n) is 8.85. The number of benzene rings is 1. The molecule has 3 rings (SSSR count). The van der Waals surface area contributed by atoms with E-state index >= 15 is 0 Å². The zero-order valence-electron chi connectivity index (χ0n) is 14.4. The highest BCUT2D eigenvalue weighted by molar-refractivity contribution is 7.99. The molecule has 0 N–H and O–H groups in total. The minimum absolute atomic E-state index is 0.336. The minimum Gasteiger partial charge on any atom is -0.341 e. The molecule has 23 heavy (non-hydrogen) atoms. The molecule has 2 saturated heterocycles. The Kier molecular flexibility index (Phi) is 5.65. The Morgan fingerprint density at radius 1 is 1.17 bits per heavy atom. The third-order valence-electron chi connectivity index (χ3n) is 5.24. The topological polar surface area (TPSA) is 23.6 Å². The van der Waals surface area contributed by atoms with E-state index in [2.05, 4.69) is 41.8 Å². The maximum Gasteiger partial charge on any atom is 0.223 e. The highest BCUT2D eigenvalue weighted by atomic mass is 32.2. The monoisotopic (exact) mass is 332 g/mol. The van der Waals surface area contributed by atoms with Crippen molar-refractivity contribution in [1.82, 2.24) is 9.80 Å². The molecule has 0 aliphatic carbocycles. The first kappa shape index (κ1) is 16.8. The molecule has 2 fully saturated rings. The van der Waals surface area contributed by atoms with Crippen LogP contribution < -0.4 is 0 Å². The lowest BCUT2D eigenvalue weighted by molar-refractivity contribution is -0.129. The van der Waals surface area contributed by atoms with Crippen molar-refractivity contribution in [2.24, 2.45) is 0 Å². The van der Waals surface area contributed by atoms with Crippen LogP contribution in [0.3, 0.4) is 0 Å². The molecule has 1 aromatic carbocycles. The van der Waals surface area contributed by atoms with E-state index in [1.54, 1.807) is 11.8 Å². The second-order valence-corrected chi connectivity index (χ2v) is 8.04. The molecule has 0 unspecified atom stereocenters. The maximum atomic E-state index is 12.4. The lowest BCUT2D eigenvalue weighted by Gasteiger charge is -2.23. The summed E-state index contributed by atoms with van der Waals surface area (Å²) in [6.45, 7) is 8.65. The molecular weight excluding hydrogens is 304 g/mol. The standard InChI is InChI=1S/C19H28N2OS/c1-15-5-6-18(13-16(15)2)23-12-8-19(22)21-11-7-17(14-21)20-9-3-4-10-20/h5-6,13,17H,3-4,7-12,14H2,1-2H3/t17-/m1/s1. The number of thioether (sulfide) groups is 1. The lowest BCUT2D eigenvalue weighted by Crippen LogP contribution is -2.37. The fourth-order valence-electron chi connectivity index (χ4n) is 3.59. The average molecular weight is 333 g/mol. The number of carbonyl (C=O) groups is 1. The predicted octanol–water partition coefficient (Wildman–Crippen LogP) is 3.48. The molecule has 4 heteroatoms. The molecule has 2 heterocycles. The van der Waals surface area contributed by atoms with Crippen LogP contribution in [0, 0.1) is 13.8 Å². The molecular formula is C19H28N2OS. The summed E-state index contributed by atoms with van der Waals surface area (Å²) in [6, 6.07) is 7.18. The maximum absolute atomic E-state index is 12.4. The van der Waals surface area contributed by atoms with Gasteiger partial charge < -0.3 is 4.90 Å². The van der Waals surface area contributed by atoms with Gasteiger partial charge in [-0.05, 0) is 69.5 Å². The quantitative estimate of drug-likeness (QED) is 0.771. The summed E-state index contributed by atoms with van der Waals surface area (Å²) in [5.74, 6) is 1.22. The zero-order valence-corrected chi connectivity index (χ0v) is 15.2. The van der Waals surface area contributed by atoms with E-state index in [0.717, 1.165) is 25.3 Å². The van der Waals surface area contributed by atoms with Gasteiger partial charge in [-0.2, -0.15) is 0 Å². The van der Waals surface area contributed by atoms with Gasteiger partial charge in [0.1, 0.15) is 0 Å². The first-order chi connectivity index (χ1) is 11.1. The highest BCUT2D eigenvalue weighted by Gasteiger charge is 2.31. The van der Waals surface area contributed by atoms with E-state index in [1.165, 1.54) is 42.0 Å². The molecule has 3 nitrogen and oxygen atoms in total. The van der Waals surface area contributed by atoms with Gasteiger partial charge in [-0.1, -0.05) is 6.07 Å². The van der Waals surface area contributed by atoms with Crippen LogP contribution in [0.2, 0.25) is 0 Å². The molecule has 0 spiro atoms. The molecule has 0 bridgehead atoms. The number of hydrogen-bond acceptors (Lipinski definition) is 3.